The van der Waals surface area contributed by atoms with Crippen molar-refractivity contribution >= 4 is 34.2 Å². The fourth-order valence-corrected chi connectivity index (χ4v) is 3.59. The zero-order chi connectivity index (χ0) is 20.6. The van der Waals surface area contributed by atoms with Crippen molar-refractivity contribution in [3.63, 3.8) is 0 Å². The number of H-pyrrole nitrogens is 1. The van der Waals surface area contributed by atoms with Crippen LogP contribution in [0, 0.1) is 26.7 Å². The van der Waals surface area contributed by atoms with E-state index in [0.29, 0.717) is 21.8 Å². The second kappa shape index (κ2) is 7.98. The molecule has 0 aliphatic carbocycles. The van der Waals surface area contributed by atoms with Crippen molar-refractivity contribution in [2.45, 2.75) is 40.7 Å². The number of furan rings is 1. The van der Waals surface area contributed by atoms with Gasteiger partial charge in [-0.1, -0.05) is 25.4 Å². The number of anilines is 2. The largest absolute Gasteiger partial charge is 0.548 e. The van der Waals surface area contributed by atoms with Crippen molar-refractivity contribution in [2.24, 2.45) is 10.9 Å². The third kappa shape index (κ3) is 4.09. The molecule has 0 aliphatic rings. The van der Waals surface area contributed by atoms with Crippen LogP contribution >= 0.6 is 22.7 Å². The number of hydrogen-bond donors (Lipinski definition) is 3. The van der Waals surface area contributed by atoms with Gasteiger partial charge < -0.3 is 19.4 Å². The molecule has 0 fully saturated rings. The third-order valence-corrected chi connectivity index (χ3v) is 5.70. The predicted octanol–water partition coefficient (Wildman–Crippen LogP) is 5.06. The van der Waals surface area contributed by atoms with Crippen LogP contribution in [0.2, 0.25) is 5.02 Å². The Morgan fingerprint density at radius 2 is 2.04 bits per heavy atom. The summed E-state index contributed by atoms with van der Waals surface area (Å²) in [5, 5.41) is 13.8. The maximum Gasteiger partial charge on any atom is 0.236 e. The lowest BCUT2D eigenvalue weighted by atomic mass is 10.0. The third-order valence-electron chi connectivity index (χ3n) is 4.58. The Morgan fingerprint density at radius 1 is 1.32 bits per heavy atom. The average Bonchev–Trinajstić information content (AvgIpc) is 3.14. The van der Waals surface area contributed by atoms with Crippen LogP contribution in [0.3, 0.4) is 0 Å². The van der Waals surface area contributed by atoms with Gasteiger partial charge in [-0.2, -0.15) is 0 Å². The second-order valence-corrected chi connectivity index (χ2v) is 8.33. The zero-order valence-corrected chi connectivity index (χ0v) is 17.9. The number of hydrogen-bond acceptors (Lipinski definition) is 6. The predicted molar refractivity (Wildman–Crippen MR) is 110 cm³/mol. The van der Waals surface area contributed by atoms with Gasteiger partial charge in [-0.25, -0.2) is 4.99 Å². The van der Waals surface area contributed by atoms with Crippen LogP contribution < -0.4 is 10.8 Å². The Balaban J connectivity index is 2.04. The number of aromatic nitrogens is 2. The summed E-state index contributed by atoms with van der Waals surface area (Å²) in [6, 6.07) is 4.98. The highest BCUT2D eigenvalue weighted by atomic mass is 35.5. The fourth-order valence-electron chi connectivity index (χ4n) is 2.78. The van der Waals surface area contributed by atoms with Gasteiger partial charge in [0.15, 0.2) is 11.1 Å². The highest BCUT2D eigenvalue weighted by Gasteiger charge is 2.22. The molecule has 1 unspecified atom stereocenters. The first-order valence-corrected chi connectivity index (χ1v) is 10.3. The van der Waals surface area contributed by atoms with E-state index in [-0.39, 0.29) is 23.5 Å². The standard InChI is InChI=1S/C19H23ClN4O3S/c1-9(2)16(15-8-10(3)12(5)27-15)22-19-18(23-28(26)24-19)21-14-7-6-13(20)11(4)17(14)25/h6-9,16,25H,1-5H3,(H,21,23)(H,22,24)/t16-,28?/m1/s1. The van der Waals surface area contributed by atoms with E-state index in [1.807, 2.05) is 33.8 Å². The molecule has 1 aromatic carbocycles. The van der Waals surface area contributed by atoms with Gasteiger partial charge in [0.2, 0.25) is 11.3 Å². The normalized spacial score (nSPS) is 14.0. The molecule has 3 rings (SSSR count). The minimum atomic E-state index is -1.65. The van der Waals surface area contributed by atoms with E-state index < -0.39 is 11.1 Å². The number of phenols is 1. The summed E-state index contributed by atoms with van der Waals surface area (Å²) in [7, 11) is 0. The number of nitrogens with zero attached hydrogens (tertiary/aromatic N) is 2. The number of aryl methyl sites for hydroxylation is 2. The van der Waals surface area contributed by atoms with Gasteiger partial charge in [0.05, 0.1) is 5.69 Å². The van der Waals surface area contributed by atoms with E-state index in [4.69, 9.17) is 21.0 Å². The number of aromatic amines is 1. The van der Waals surface area contributed by atoms with Crippen molar-refractivity contribution in [3.05, 3.63) is 51.4 Å². The molecule has 0 amide bonds. The van der Waals surface area contributed by atoms with Crippen molar-refractivity contribution < 1.29 is 14.1 Å². The smallest absolute Gasteiger partial charge is 0.236 e. The summed E-state index contributed by atoms with van der Waals surface area (Å²) in [5.74, 6) is 2.01. The molecule has 28 heavy (non-hydrogen) atoms. The van der Waals surface area contributed by atoms with Crippen molar-refractivity contribution in [1.29, 1.82) is 0 Å². The average molecular weight is 423 g/mol. The fraction of sp³-hybridized carbons (Fsp3) is 0.368. The zero-order valence-electron chi connectivity index (χ0n) is 16.3. The van der Waals surface area contributed by atoms with Gasteiger partial charge in [0.25, 0.3) is 0 Å². The Bertz CT molecular complexity index is 1050. The number of benzene rings is 1. The molecule has 9 heteroatoms. The molecule has 0 saturated carbocycles. The van der Waals surface area contributed by atoms with Gasteiger partial charge in [-0.05, 0) is 50.5 Å². The molecule has 2 atom stereocenters. The van der Waals surface area contributed by atoms with Crippen molar-refractivity contribution in [3.8, 4) is 5.75 Å². The molecular formula is C19H23ClN4O3S. The Morgan fingerprint density at radius 3 is 2.64 bits per heavy atom. The lowest BCUT2D eigenvalue weighted by Gasteiger charge is -2.13. The first-order valence-electron chi connectivity index (χ1n) is 8.84. The molecule has 0 spiro atoms. The summed E-state index contributed by atoms with van der Waals surface area (Å²) in [5.41, 5.74) is 2.34. The maximum absolute atomic E-state index is 12.0. The van der Waals surface area contributed by atoms with Gasteiger partial charge in [-0.15, -0.1) is 4.37 Å². The highest BCUT2D eigenvalue weighted by molar-refractivity contribution is 7.13. The molecule has 3 N–H and O–H groups in total. The first-order chi connectivity index (χ1) is 13.2. The quantitative estimate of drug-likeness (QED) is 0.393. The molecule has 0 saturated heterocycles. The van der Waals surface area contributed by atoms with Gasteiger partial charge in [0, 0.05) is 15.0 Å². The number of aromatic hydroxyl groups is 1. The Labute approximate surface area is 171 Å². The SMILES string of the molecule is Cc1cc([C@H](N=c2[nH][s+]([O-])nc2Nc2ccc(Cl)c(C)c2O)C(C)C)oc1C. The van der Waals surface area contributed by atoms with Crippen LogP contribution in [0.25, 0.3) is 0 Å². The van der Waals surface area contributed by atoms with Crippen LogP contribution in [-0.2, 0) is 0 Å². The Hall–Kier alpha value is -2.29. The van der Waals surface area contributed by atoms with Crippen LogP contribution in [0.4, 0.5) is 11.5 Å². The van der Waals surface area contributed by atoms with Crippen LogP contribution in [-0.4, -0.2) is 18.4 Å². The van der Waals surface area contributed by atoms with Crippen molar-refractivity contribution in [2.75, 3.05) is 5.32 Å². The van der Waals surface area contributed by atoms with Crippen molar-refractivity contribution in [1.82, 2.24) is 8.75 Å². The lowest BCUT2D eigenvalue weighted by molar-refractivity contribution is 0.387. The van der Waals surface area contributed by atoms with Crippen LogP contribution in [0.15, 0.2) is 27.6 Å². The summed E-state index contributed by atoms with van der Waals surface area (Å²) in [4.78, 5) is 4.72. The maximum atomic E-state index is 12.0. The summed E-state index contributed by atoms with van der Waals surface area (Å²) >= 11 is 4.38. The number of phenolic OH excluding ortho intramolecular Hbond substituents is 1. The number of halogens is 1. The van der Waals surface area contributed by atoms with Crippen LogP contribution in [0.1, 0.15) is 42.5 Å². The molecule has 7 nitrogen and oxygen atoms in total. The number of rotatable bonds is 5. The summed E-state index contributed by atoms with van der Waals surface area (Å²) in [6.07, 6.45) is 0. The monoisotopic (exact) mass is 422 g/mol. The van der Waals surface area contributed by atoms with E-state index in [9.17, 15) is 9.66 Å². The number of nitrogens with one attached hydrogen (secondary N) is 2. The molecule has 150 valence electrons. The van der Waals surface area contributed by atoms with E-state index in [1.54, 1.807) is 19.1 Å². The molecule has 3 aromatic rings. The molecule has 0 bridgehead atoms. The molecule has 0 radical (unpaired) electrons. The molecule has 2 aromatic heterocycles. The summed E-state index contributed by atoms with van der Waals surface area (Å²) in [6.45, 7) is 9.67. The van der Waals surface area contributed by atoms with Gasteiger partial charge in [-0.3, -0.25) is 0 Å². The van der Waals surface area contributed by atoms with Gasteiger partial charge >= 0.3 is 0 Å². The molecule has 0 aliphatic heterocycles. The van der Waals surface area contributed by atoms with E-state index in [0.717, 1.165) is 17.1 Å². The minimum absolute atomic E-state index is 0.00456. The minimum Gasteiger partial charge on any atom is -0.548 e. The van der Waals surface area contributed by atoms with E-state index in [1.165, 1.54) is 0 Å². The van der Waals surface area contributed by atoms with Gasteiger partial charge in [0.1, 0.15) is 23.3 Å². The first kappa shape index (κ1) is 20.4. The summed E-state index contributed by atoms with van der Waals surface area (Å²) < 4.78 is 24.6. The molecular weight excluding hydrogens is 400 g/mol. The second-order valence-electron chi connectivity index (χ2n) is 7.04. The topological polar surface area (TPSA) is 110 Å². The Kier molecular flexibility index (Phi) is 5.83. The van der Waals surface area contributed by atoms with Crippen LogP contribution in [0.5, 0.6) is 5.75 Å². The highest BCUT2D eigenvalue weighted by Crippen LogP contribution is 2.34. The van der Waals surface area contributed by atoms with E-state index in [2.05, 4.69) is 14.1 Å². The molecule has 2 heterocycles. The lowest BCUT2D eigenvalue weighted by Crippen LogP contribution is -2.14. The van der Waals surface area contributed by atoms with E-state index >= 15 is 0 Å².